The molecule has 0 amide bonds. The maximum atomic E-state index is 12.7. The molecule has 9 heteroatoms. The molecular formula is C30H26F3NO4S. The lowest BCUT2D eigenvalue weighted by molar-refractivity contribution is -0.0500. The topological polar surface area (TPSA) is 69.4 Å². The molecular weight excluding hydrogens is 527 g/mol. The van der Waals surface area contributed by atoms with Crippen LogP contribution in [-0.2, 0) is 16.5 Å². The minimum atomic E-state index is -5.73. The number of allylic oxidation sites excluding steroid dienone is 2. The summed E-state index contributed by atoms with van der Waals surface area (Å²) < 4.78 is 71.7. The Kier molecular flexibility index (Phi) is 7.61. The maximum Gasteiger partial charge on any atom is 0.534 e. The van der Waals surface area contributed by atoms with E-state index in [1.54, 1.807) is 6.07 Å². The normalized spacial score (nSPS) is 16.1. The molecule has 0 saturated carbocycles. The van der Waals surface area contributed by atoms with Crippen LogP contribution in [0.4, 0.5) is 13.2 Å². The van der Waals surface area contributed by atoms with E-state index < -0.39 is 15.6 Å². The molecule has 0 aliphatic heterocycles. The van der Waals surface area contributed by atoms with Crippen LogP contribution in [0.15, 0.2) is 95.4 Å². The van der Waals surface area contributed by atoms with Crippen molar-refractivity contribution >= 4 is 15.7 Å². The van der Waals surface area contributed by atoms with Crippen LogP contribution in [0.2, 0.25) is 0 Å². The third kappa shape index (κ3) is 6.09. The molecule has 0 saturated heterocycles. The van der Waals surface area contributed by atoms with Crippen LogP contribution in [0, 0.1) is 5.92 Å². The molecule has 0 fully saturated rings. The van der Waals surface area contributed by atoms with E-state index in [1.165, 1.54) is 18.2 Å². The molecule has 5 nitrogen and oxygen atoms in total. The fourth-order valence-corrected chi connectivity index (χ4v) is 5.25. The third-order valence-electron chi connectivity index (χ3n) is 6.69. The van der Waals surface area contributed by atoms with Crippen LogP contribution in [0.1, 0.15) is 37.1 Å². The fraction of sp³-hybridized carbons (Fsp3) is 0.233. The molecule has 202 valence electrons. The zero-order valence-corrected chi connectivity index (χ0v) is 21.7. The van der Waals surface area contributed by atoms with Gasteiger partial charge < -0.3 is 8.60 Å². The lowest BCUT2D eigenvalue weighted by atomic mass is 9.83. The Morgan fingerprint density at radius 3 is 2.31 bits per heavy atom. The summed E-state index contributed by atoms with van der Waals surface area (Å²) in [6, 6.07) is 25.4. The number of halogens is 3. The first-order valence-electron chi connectivity index (χ1n) is 12.6. The van der Waals surface area contributed by atoms with Crippen LogP contribution in [-0.4, -0.2) is 18.9 Å². The summed E-state index contributed by atoms with van der Waals surface area (Å²) in [6.45, 7) is 0. The lowest BCUT2D eigenvalue weighted by Crippen LogP contribution is -2.28. The average molecular weight is 554 g/mol. The van der Waals surface area contributed by atoms with Crippen LogP contribution >= 0.6 is 0 Å². The minimum absolute atomic E-state index is 0.119. The molecule has 1 aromatic heterocycles. The Labute approximate surface area is 225 Å². The third-order valence-corrected chi connectivity index (χ3v) is 7.67. The quantitative estimate of drug-likeness (QED) is 0.163. The number of aromatic nitrogens is 1. The molecule has 0 radical (unpaired) electrons. The van der Waals surface area contributed by atoms with Gasteiger partial charge >= 0.3 is 15.6 Å². The van der Waals surface area contributed by atoms with Crippen molar-refractivity contribution in [2.45, 2.75) is 37.6 Å². The molecule has 1 unspecified atom stereocenters. The minimum Gasteiger partial charge on any atom is -0.436 e. The number of hydrogen-bond acceptors (Lipinski definition) is 5. The number of rotatable bonds is 8. The second-order valence-corrected chi connectivity index (χ2v) is 10.9. The summed E-state index contributed by atoms with van der Waals surface area (Å²) in [5.41, 5.74) is -1.17. The van der Waals surface area contributed by atoms with Crippen molar-refractivity contribution in [1.82, 2.24) is 4.98 Å². The molecule has 1 atom stereocenters. The van der Waals surface area contributed by atoms with Gasteiger partial charge in [0.25, 0.3) is 0 Å². The summed E-state index contributed by atoms with van der Waals surface area (Å²) in [5.74, 6) is 1.01. The number of benzene rings is 3. The van der Waals surface area contributed by atoms with Gasteiger partial charge in [0.1, 0.15) is 11.4 Å². The summed E-state index contributed by atoms with van der Waals surface area (Å²) in [7, 11) is -5.73. The monoisotopic (exact) mass is 553 g/mol. The van der Waals surface area contributed by atoms with E-state index in [0.717, 1.165) is 41.7 Å². The molecule has 39 heavy (non-hydrogen) atoms. The molecule has 1 heterocycles. The van der Waals surface area contributed by atoms with E-state index in [1.807, 2.05) is 60.7 Å². The molecule has 5 rings (SSSR count). The summed E-state index contributed by atoms with van der Waals surface area (Å²) >= 11 is 0. The van der Waals surface area contributed by atoms with Crippen molar-refractivity contribution in [2.75, 3.05) is 0 Å². The van der Waals surface area contributed by atoms with Crippen LogP contribution in [0.3, 0.4) is 0 Å². The number of alkyl halides is 3. The second kappa shape index (κ2) is 11.1. The first kappa shape index (κ1) is 26.7. The van der Waals surface area contributed by atoms with Gasteiger partial charge in [0.2, 0.25) is 5.89 Å². The van der Waals surface area contributed by atoms with Crippen molar-refractivity contribution in [3.05, 3.63) is 102 Å². The van der Waals surface area contributed by atoms with Crippen LogP contribution in [0.5, 0.6) is 5.75 Å². The predicted molar refractivity (Wildman–Crippen MR) is 143 cm³/mol. The Bertz CT molecular complexity index is 1510. The summed E-state index contributed by atoms with van der Waals surface area (Å²) in [6.07, 6.45) is 6.16. The van der Waals surface area contributed by atoms with Gasteiger partial charge in [-0.1, -0.05) is 78.9 Å². The highest BCUT2D eigenvalue weighted by Gasteiger charge is 2.48. The Hall–Kier alpha value is -3.85. The van der Waals surface area contributed by atoms with Gasteiger partial charge in [-0.15, -0.1) is 0 Å². The molecule has 1 aliphatic carbocycles. The molecule has 4 aromatic rings. The van der Waals surface area contributed by atoms with Crippen molar-refractivity contribution in [3.8, 4) is 28.3 Å². The van der Waals surface area contributed by atoms with Gasteiger partial charge in [-0.2, -0.15) is 21.6 Å². The van der Waals surface area contributed by atoms with E-state index in [9.17, 15) is 21.6 Å². The van der Waals surface area contributed by atoms with Gasteiger partial charge in [-0.3, -0.25) is 0 Å². The summed E-state index contributed by atoms with van der Waals surface area (Å²) in [4.78, 5) is 4.93. The first-order valence-corrected chi connectivity index (χ1v) is 14.0. The Morgan fingerprint density at radius 1 is 0.923 bits per heavy atom. The standard InChI is InChI=1S/C30H26F3NO4S/c31-30(32,33)39(35,36)38-25-16-9-10-21(20-25)18-19-22-11-7-8-17-26(22)29-34-27(23-12-3-1-4-13-23)28(37-29)24-14-5-2-6-15-24/h1-6,9-10,12-17,20,22H,7-8,11,18-19H2. The largest absolute Gasteiger partial charge is 0.534 e. The van der Waals surface area contributed by atoms with Gasteiger partial charge in [-0.25, -0.2) is 4.98 Å². The fourth-order valence-electron chi connectivity index (χ4n) is 4.79. The molecule has 1 aliphatic rings. The predicted octanol–water partition coefficient (Wildman–Crippen LogP) is 8.05. The highest BCUT2D eigenvalue weighted by molar-refractivity contribution is 7.88. The van der Waals surface area contributed by atoms with Crippen molar-refractivity contribution in [3.63, 3.8) is 0 Å². The van der Waals surface area contributed by atoms with E-state index in [0.29, 0.717) is 30.1 Å². The Morgan fingerprint density at radius 2 is 1.62 bits per heavy atom. The van der Waals surface area contributed by atoms with Gasteiger partial charge in [0, 0.05) is 16.7 Å². The zero-order valence-electron chi connectivity index (χ0n) is 20.9. The van der Waals surface area contributed by atoms with Crippen molar-refractivity contribution < 1.29 is 30.2 Å². The maximum absolute atomic E-state index is 12.7. The number of aryl methyl sites for hydroxylation is 1. The van der Waals surface area contributed by atoms with Crippen molar-refractivity contribution in [1.29, 1.82) is 0 Å². The molecule has 0 bridgehead atoms. The Balaban J connectivity index is 1.39. The van der Waals surface area contributed by atoms with Crippen LogP contribution < -0.4 is 4.18 Å². The van der Waals surface area contributed by atoms with Crippen molar-refractivity contribution in [2.24, 2.45) is 5.92 Å². The van der Waals surface area contributed by atoms with Crippen LogP contribution in [0.25, 0.3) is 28.2 Å². The number of oxazole rings is 1. The lowest BCUT2D eigenvalue weighted by Gasteiger charge is -2.22. The first-order chi connectivity index (χ1) is 18.7. The molecule has 3 aromatic carbocycles. The number of hydrogen-bond donors (Lipinski definition) is 0. The van der Waals surface area contributed by atoms with E-state index >= 15 is 0 Å². The second-order valence-electron chi connectivity index (χ2n) is 9.39. The zero-order chi connectivity index (χ0) is 27.5. The van der Waals surface area contributed by atoms with E-state index in [4.69, 9.17) is 9.40 Å². The molecule has 0 spiro atoms. The highest BCUT2D eigenvalue weighted by Crippen LogP contribution is 2.40. The van der Waals surface area contributed by atoms with Gasteiger partial charge in [-0.05, 0) is 55.7 Å². The smallest absolute Gasteiger partial charge is 0.436 e. The number of nitrogens with zero attached hydrogens (tertiary/aromatic N) is 1. The van der Waals surface area contributed by atoms with Gasteiger partial charge in [0.15, 0.2) is 5.76 Å². The highest BCUT2D eigenvalue weighted by atomic mass is 32.2. The SMILES string of the molecule is O=S(=O)(Oc1cccc(CCC2CCCC=C2c2nc(-c3ccccc3)c(-c3ccccc3)o2)c1)C(F)(F)F. The van der Waals surface area contributed by atoms with E-state index in [2.05, 4.69) is 10.3 Å². The average Bonchev–Trinajstić information content (AvgIpc) is 3.38. The van der Waals surface area contributed by atoms with Gasteiger partial charge in [0.05, 0.1) is 0 Å². The summed E-state index contributed by atoms with van der Waals surface area (Å²) in [5, 5.41) is 0. The molecule has 0 N–H and O–H groups in total. The van der Waals surface area contributed by atoms with E-state index in [-0.39, 0.29) is 11.7 Å².